The highest BCUT2D eigenvalue weighted by Gasteiger charge is 2.13. The van der Waals surface area contributed by atoms with E-state index in [1.165, 1.54) is 0 Å². The number of H-pyrrole nitrogens is 2. The molecule has 110 valence electrons. The SMILES string of the molecule is O=c1[nH]c(=S)[nH]c(-c2ccccc2)c1Cc1ccccc1O. The molecular formula is C17H14N2O2S. The first-order valence-electron chi connectivity index (χ1n) is 6.83. The molecule has 0 saturated heterocycles. The van der Waals surface area contributed by atoms with Gasteiger partial charge in [-0.25, -0.2) is 0 Å². The lowest BCUT2D eigenvalue weighted by atomic mass is 10.00. The fourth-order valence-corrected chi connectivity index (χ4v) is 2.58. The lowest BCUT2D eigenvalue weighted by Gasteiger charge is -2.10. The molecule has 0 aliphatic heterocycles. The van der Waals surface area contributed by atoms with Crippen molar-refractivity contribution in [2.45, 2.75) is 6.42 Å². The van der Waals surface area contributed by atoms with E-state index < -0.39 is 0 Å². The number of benzene rings is 2. The van der Waals surface area contributed by atoms with Gasteiger partial charge in [-0.2, -0.15) is 0 Å². The maximum Gasteiger partial charge on any atom is 0.255 e. The average Bonchev–Trinajstić information content (AvgIpc) is 2.52. The summed E-state index contributed by atoms with van der Waals surface area (Å²) in [6.45, 7) is 0. The highest BCUT2D eigenvalue weighted by molar-refractivity contribution is 7.71. The number of aromatic amines is 2. The summed E-state index contributed by atoms with van der Waals surface area (Å²) in [6, 6.07) is 16.5. The van der Waals surface area contributed by atoms with Gasteiger partial charge in [0.1, 0.15) is 5.75 Å². The maximum absolute atomic E-state index is 12.3. The van der Waals surface area contributed by atoms with E-state index in [2.05, 4.69) is 9.97 Å². The lowest BCUT2D eigenvalue weighted by molar-refractivity contribution is 0.469. The number of hydrogen-bond acceptors (Lipinski definition) is 3. The van der Waals surface area contributed by atoms with Gasteiger partial charge in [-0.3, -0.25) is 9.78 Å². The van der Waals surface area contributed by atoms with Crippen LogP contribution in [-0.4, -0.2) is 15.1 Å². The summed E-state index contributed by atoms with van der Waals surface area (Å²) >= 11 is 5.08. The lowest BCUT2D eigenvalue weighted by Crippen LogP contribution is -2.16. The number of hydrogen-bond donors (Lipinski definition) is 3. The molecule has 0 unspecified atom stereocenters. The van der Waals surface area contributed by atoms with E-state index in [4.69, 9.17) is 12.2 Å². The molecule has 0 spiro atoms. The Morgan fingerprint density at radius 3 is 2.36 bits per heavy atom. The topological polar surface area (TPSA) is 68.9 Å². The monoisotopic (exact) mass is 310 g/mol. The van der Waals surface area contributed by atoms with Crippen LogP contribution < -0.4 is 5.56 Å². The van der Waals surface area contributed by atoms with Gasteiger partial charge in [-0.1, -0.05) is 48.5 Å². The van der Waals surface area contributed by atoms with Gasteiger partial charge >= 0.3 is 0 Å². The van der Waals surface area contributed by atoms with E-state index in [0.29, 0.717) is 23.2 Å². The molecule has 0 fully saturated rings. The summed E-state index contributed by atoms with van der Waals surface area (Å²) in [5.74, 6) is 0.170. The molecular weight excluding hydrogens is 296 g/mol. The van der Waals surface area contributed by atoms with Crippen LogP contribution in [0.2, 0.25) is 0 Å². The van der Waals surface area contributed by atoms with Gasteiger partial charge in [0, 0.05) is 12.0 Å². The molecule has 3 rings (SSSR count). The molecule has 22 heavy (non-hydrogen) atoms. The molecule has 0 aliphatic carbocycles. The normalized spacial score (nSPS) is 10.5. The average molecular weight is 310 g/mol. The molecule has 5 heteroatoms. The van der Waals surface area contributed by atoms with E-state index in [1.807, 2.05) is 36.4 Å². The summed E-state index contributed by atoms with van der Waals surface area (Å²) in [6.07, 6.45) is 0.318. The smallest absolute Gasteiger partial charge is 0.255 e. The fraction of sp³-hybridized carbons (Fsp3) is 0.0588. The van der Waals surface area contributed by atoms with Crippen molar-refractivity contribution in [2.24, 2.45) is 0 Å². The van der Waals surface area contributed by atoms with Crippen molar-refractivity contribution in [3.8, 4) is 17.0 Å². The molecule has 3 N–H and O–H groups in total. The zero-order valence-corrected chi connectivity index (χ0v) is 12.5. The van der Waals surface area contributed by atoms with Crippen LogP contribution in [0.4, 0.5) is 0 Å². The van der Waals surface area contributed by atoms with Crippen LogP contribution >= 0.6 is 12.2 Å². The Morgan fingerprint density at radius 2 is 1.64 bits per heavy atom. The quantitative estimate of drug-likeness (QED) is 0.649. The van der Waals surface area contributed by atoms with E-state index in [0.717, 1.165) is 5.56 Å². The standard InChI is InChI=1S/C17H14N2O2S/c20-14-9-5-4-8-12(14)10-13-15(11-6-2-1-3-7-11)18-17(22)19-16(13)21/h1-9,20H,10H2,(H2,18,19,21,22). The van der Waals surface area contributed by atoms with Crippen LogP contribution in [0, 0.1) is 4.77 Å². The number of aromatic hydroxyl groups is 1. The third-order valence-electron chi connectivity index (χ3n) is 3.46. The molecule has 0 aliphatic rings. The zero-order chi connectivity index (χ0) is 15.5. The van der Waals surface area contributed by atoms with Gasteiger partial charge in [0.2, 0.25) is 0 Å². The van der Waals surface area contributed by atoms with Crippen LogP contribution in [0.25, 0.3) is 11.3 Å². The van der Waals surface area contributed by atoms with Gasteiger partial charge in [-0.15, -0.1) is 0 Å². The van der Waals surface area contributed by atoms with Gasteiger partial charge in [0.05, 0.1) is 5.69 Å². The summed E-state index contributed by atoms with van der Waals surface area (Å²) in [7, 11) is 0. The van der Waals surface area contributed by atoms with E-state index in [1.54, 1.807) is 18.2 Å². The van der Waals surface area contributed by atoms with Gasteiger partial charge < -0.3 is 10.1 Å². The Morgan fingerprint density at radius 1 is 0.955 bits per heavy atom. The molecule has 3 aromatic rings. The summed E-state index contributed by atoms with van der Waals surface area (Å²) in [4.78, 5) is 18.0. The van der Waals surface area contributed by atoms with E-state index >= 15 is 0 Å². The number of aromatic nitrogens is 2. The van der Waals surface area contributed by atoms with E-state index in [9.17, 15) is 9.90 Å². The molecule has 0 bridgehead atoms. The first-order valence-corrected chi connectivity index (χ1v) is 7.24. The van der Waals surface area contributed by atoms with Gasteiger partial charge in [0.25, 0.3) is 5.56 Å². The summed E-state index contributed by atoms with van der Waals surface area (Å²) in [5.41, 5.74) is 2.55. The molecule has 2 aromatic carbocycles. The van der Waals surface area contributed by atoms with Crippen LogP contribution in [0.1, 0.15) is 11.1 Å². The van der Waals surface area contributed by atoms with Crippen molar-refractivity contribution in [1.29, 1.82) is 0 Å². The summed E-state index contributed by atoms with van der Waals surface area (Å²) in [5, 5.41) is 9.94. The van der Waals surface area contributed by atoms with Crippen molar-refractivity contribution < 1.29 is 5.11 Å². The molecule has 0 amide bonds. The van der Waals surface area contributed by atoms with Crippen molar-refractivity contribution >= 4 is 12.2 Å². The Bertz CT molecular complexity index is 914. The second-order valence-corrected chi connectivity index (χ2v) is 5.34. The van der Waals surface area contributed by atoms with Gasteiger partial charge in [-0.05, 0) is 29.4 Å². The van der Waals surface area contributed by atoms with Crippen molar-refractivity contribution in [3.05, 3.63) is 80.8 Å². The maximum atomic E-state index is 12.3. The minimum absolute atomic E-state index is 0.170. The van der Waals surface area contributed by atoms with E-state index in [-0.39, 0.29) is 16.1 Å². The predicted molar refractivity (Wildman–Crippen MR) is 88.6 cm³/mol. The van der Waals surface area contributed by atoms with Gasteiger partial charge in [0.15, 0.2) is 4.77 Å². The Hall–Kier alpha value is -2.66. The minimum atomic E-state index is -0.245. The van der Waals surface area contributed by atoms with Crippen LogP contribution in [0.3, 0.4) is 0 Å². The Balaban J connectivity index is 2.17. The summed E-state index contributed by atoms with van der Waals surface area (Å²) < 4.78 is 0.282. The molecule has 0 atom stereocenters. The first-order chi connectivity index (χ1) is 10.6. The van der Waals surface area contributed by atoms with Crippen molar-refractivity contribution in [3.63, 3.8) is 0 Å². The number of phenolic OH excluding ortho intramolecular Hbond substituents is 1. The Labute approximate surface area is 132 Å². The minimum Gasteiger partial charge on any atom is -0.508 e. The second-order valence-electron chi connectivity index (χ2n) is 4.93. The zero-order valence-electron chi connectivity index (χ0n) is 11.7. The predicted octanol–water partition coefficient (Wildman–Crippen LogP) is 3.40. The van der Waals surface area contributed by atoms with Crippen LogP contribution in [0.15, 0.2) is 59.4 Å². The molecule has 0 radical (unpaired) electrons. The highest BCUT2D eigenvalue weighted by atomic mass is 32.1. The number of rotatable bonds is 3. The molecule has 1 aromatic heterocycles. The Kier molecular flexibility index (Phi) is 3.89. The third kappa shape index (κ3) is 2.84. The van der Waals surface area contributed by atoms with Crippen molar-refractivity contribution in [2.75, 3.05) is 0 Å². The number of phenols is 1. The van der Waals surface area contributed by atoms with Crippen LogP contribution in [-0.2, 0) is 6.42 Å². The van der Waals surface area contributed by atoms with Crippen molar-refractivity contribution in [1.82, 2.24) is 9.97 Å². The largest absolute Gasteiger partial charge is 0.508 e. The second kappa shape index (κ2) is 5.99. The molecule has 0 saturated carbocycles. The number of para-hydroxylation sites is 1. The first kappa shape index (κ1) is 14.3. The molecule has 1 heterocycles. The highest BCUT2D eigenvalue weighted by Crippen LogP contribution is 2.24. The third-order valence-corrected chi connectivity index (χ3v) is 3.67. The number of nitrogens with one attached hydrogen (secondary N) is 2. The molecule has 4 nitrogen and oxygen atoms in total. The van der Waals surface area contributed by atoms with Crippen LogP contribution in [0.5, 0.6) is 5.75 Å². The fourth-order valence-electron chi connectivity index (χ4n) is 2.38.